The van der Waals surface area contributed by atoms with Crippen molar-refractivity contribution in [1.82, 2.24) is 15.5 Å². The van der Waals surface area contributed by atoms with E-state index in [-0.39, 0.29) is 31.1 Å². The molecular weight excluding hydrogens is 534 g/mol. The fourth-order valence-electron chi connectivity index (χ4n) is 4.03. The van der Waals surface area contributed by atoms with Gasteiger partial charge in [-0.05, 0) is 83.6 Å². The Kier molecular flexibility index (Phi) is 14.3. The van der Waals surface area contributed by atoms with Crippen LogP contribution in [-0.4, -0.2) is 70.5 Å². The van der Waals surface area contributed by atoms with Gasteiger partial charge in [0.1, 0.15) is 23.4 Å². The predicted molar refractivity (Wildman–Crippen MR) is 157 cm³/mol. The van der Waals surface area contributed by atoms with Gasteiger partial charge < -0.3 is 30.1 Å². The Bertz CT molecular complexity index is 1010. The zero-order valence-electron chi connectivity index (χ0n) is 25.1. The van der Waals surface area contributed by atoms with Crippen molar-refractivity contribution in [3.05, 3.63) is 29.3 Å². The Balaban J connectivity index is 3.52. The van der Waals surface area contributed by atoms with E-state index >= 15 is 0 Å². The number of amides is 3. The average Bonchev–Trinajstić information content (AvgIpc) is 2.84. The summed E-state index contributed by atoms with van der Waals surface area (Å²) >= 11 is 4.32. The van der Waals surface area contributed by atoms with Crippen molar-refractivity contribution in [3.8, 4) is 5.75 Å². The fraction of sp³-hybridized carbons (Fsp3) is 0.655. The maximum Gasteiger partial charge on any atom is 0.408 e. The minimum Gasteiger partial charge on any atom is -0.508 e. The molecule has 0 heterocycles. The molecule has 0 spiro atoms. The summed E-state index contributed by atoms with van der Waals surface area (Å²) in [6, 6.07) is 2.11. The van der Waals surface area contributed by atoms with E-state index in [1.807, 2.05) is 6.92 Å². The first kappa shape index (κ1) is 35.1. The Hall–Kier alpha value is -2.95. The smallest absolute Gasteiger partial charge is 0.408 e. The van der Waals surface area contributed by atoms with Gasteiger partial charge in [0.25, 0.3) is 0 Å². The first-order valence-electron chi connectivity index (χ1n) is 13.8. The summed E-state index contributed by atoms with van der Waals surface area (Å²) in [6.45, 7) is 14.8. The Morgan fingerprint density at radius 2 is 1.75 bits per heavy atom. The van der Waals surface area contributed by atoms with Gasteiger partial charge in [-0.1, -0.05) is 19.9 Å². The first-order chi connectivity index (χ1) is 18.6. The Labute approximate surface area is 244 Å². The third-order valence-electron chi connectivity index (χ3n) is 6.06. The Morgan fingerprint density at radius 1 is 1.10 bits per heavy atom. The molecule has 0 aliphatic heterocycles. The molecule has 40 heavy (non-hydrogen) atoms. The number of ether oxygens (including phenoxy) is 2. The lowest BCUT2D eigenvalue weighted by molar-refractivity contribution is -0.145. The summed E-state index contributed by atoms with van der Waals surface area (Å²) in [7, 11) is 0. The van der Waals surface area contributed by atoms with Crippen LogP contribution in [0.2, 0.25) is 0 Å². The van der Waals surface area contributed by atoms with E-state index in [0.717, 1.165) is 6.42 Å². The van der Waals surface area contributed by atoms with Crippen molar-refractivity contribution in [1.29, 1.82) is 0 Å². The molecule has 226 valence electrons. The van der Waals surface area contributed by atoms with Crippen LogP contribution in [0, 0.1) is 12.8 Å². The van der Waals surface area contributed by atoms with E-state index in [4.69, 9.17) is 9.47 Å². The van der Waals surface area contributed by atoms with Gasteiger partial charge >= 0.3 is 12.1 Å². The number of alkyl carbamates (subject to hydrolysis) is 1. The molecule has 0 aliphatic rings. The van der Waals surface area contributed by atoms with Crippen LogP contribution in [-0.2, 0) is 23.9 Å². The third-order valence-corrected chi connectivity index (χ3v) is 6.42. The maximum atomic E-state index is 14.1. The summed E-state index contributed by atoms with van der Waals surface area (Å²) in [5.74, 6) is -1.09. The fourth-order valence-corrected chi connectivity index (χ4v) is 4.28. The van der Waals surface area contributed by atoms with E-state index in [2.05, 4.69) is 37.1 Å². The van der Waals surface area contributed by atoms with Crippen LogP contribution in [0.3, 0.4) is 0 Å². The molecule has 0 saturated carbocycles. The number of hydrogen-bond acceptors (Lipinski definition) is 8. The van der Waals surface area contributed by atoms with E-state index in [1.165, 1.54) is 11.0 Å². The number of aromatic hydroxyl groups is 1. The molecule has 11 heteroatoms. The van der Waals surface area contributed by atoms with Crippen LogP contribution in [0.5, 0.6) is 5.75 Å². The monoisotopic (exact) mass is 581 g/mol. The van der Waals surface area contributed by atoms with Gasteiger partial charge in [-0.3, -0.25) is 14.4 Å². The molecule has 3 unspecified atom stereocenters. The van der Waals surface area contributed by atoms with Crippen molar-refractivity contribution >= 4 is 36.5 Å². The number of benzene rings is 1. The third kappa shape index (κ3) is 11.7. The topological polar surface area (TPSA) is 134 Å². The second-order valence-electron chi connectivity index (χ2n) is 11.2. The number of aryl methyl sites for hydroxylation is 1. The molecule has 0 saturated heterocycles. The van der Waals surface area contributed by atoms with E-state index in [9.17, 15) is 24.3 Å². The van der Waals surface area contributed by atoms with Gasteiger partial charge in [0.15, 0.2) is 0 Å². The zero-order chi connectivity index (χ0) is 30.6. The van der Waals surface area contributed by atoms with Crippen LogP contribution < -0.4 is 10.6 Å². The highest BCUT2D eigenvalue weighted by Crippen LogP contribution is 2.30. The lowest BCUT2D eigenvalue weighted by Gasteiger charge is -2.38. The highest BCUT2D eigenvalue weighted by atomic mass is 32.1. The lowest BCUT2D eigenvalue weighted by Crippen LogP contribution is -2.56. The number of nitrogens with zero attached hydrogens (tertiary/aromatic N) is 1. The van der Waals surface area contributed by atoms with Gasteiger partial charge in [-0.25, -0.2) is 4.79 Å². The molecule has 0 radical (unpaired) electrons. The molecule has 1 aromatic rings. The molecule has 1 aromatic carbocycles. The highest BCUT2D eigenvalue weighted by molar-refractivity contribution is 7.80. The molecule has 0 aliphatic carbocycles. The van der Waals surface area contributed by atoms with Gasteiger partial charge in [0.2, 0.25) is 11.8 Å². The minimum atomic E-state index is -1.11. The molecule has 0 aromatic heterocycles. The largest absolute Gasteiger partial charge is 0.508 e. The highest BCUT2D eigenvalue weighted by Gasteiger charge is 2.38. The van der Waals surface area contributed by atoms with Crippen LogP contribution in [0.15, 0.2) is 18.2 Å². The molecular formula is C29H47N3O7S. The minimum absolute atomic E-state index is 0.0137. The number of nitrogens with one attached hydrogen (secondary N) is 2. The van der Waals surface area contributed by atoms with Crippen LogP contribution in [0.1, 0.15) is 84.9 Å². The molecule has 3 atom stereocenters. The van der Waals surface area contributed by atoms with Crippen molar-refractivity contribution in [2.45, 2.75) is 98.4 Å². The van der Waals surface area contributed by atoms with Crippen molar-refractivity contribution < 1.29 is 33.8 Å². The van der Waals surface area contributed by atoms with E-state index in [0.29, 0.717) is 23.5 Å². The molecule has 0 fully saturated rings. The summed E-state index contributed by atoms with van der Waals surface area (Å²) in [5, 5.41) is 15.5. The summed E-state index contributed by atoms with van der Waals surface area (Å²) in [6.07, 6.45) is 0.586. The number of rotatable bonds is 14. The van der Waals surface area contributed by atoms with E-state index in [1.54, 1.807) is 46.8 Å². The normalized spacial score (nSPS) is 13.7. The second kappa shape index (κ2) is 16.3. The summed E-state index contributed by atoms with van der Waals surface area (Å²) < 4.78 is 10.3. The molecule has 0 bridgehead atoms. The standard InChI is InChI=1S/C29H47N3O7S/c1-9-38-24(34)14-15-30-26(35)25(21-12-13-23(33)19(4)16-21)32(20(5)11-10-18(2)3)27(36)22(17-40)31-28(37)39-29(6,7)8/h12-13,16,18,20,22,25,33,40H,9-11,14-15,17H2,1-8H3,(H,30,35)(H,31,37). The second-order valence-corrected chi connectivity index (χ2v) is 11.6. The number of phenols is 1. The van der Waals surface area contributed by atoms with Crippen molar-refractivity contribution in [2.75, 3.05) is 18.9 Å². The average molecular weight is 582 g/mol. The zero-order valence-corrected chi connectivity index (χ0v) is 26.0. The summed E-state index contributed by atoms with van der Waals surface area (Å²) in [4.78, 5) is 53.7. The number of carbonyl (C=O) groups excluding carboxylic acids is 4. The molecule has 1 rings (SSSR count). The van der Waals surface area contributed by atoms with Crippen molar-refractivity contribution in [3.63, 3.8) is 0 Å². The number of carbonyl (C=O) groups is 4. The number of phenolic OH excluding ortho intramolecular Hbond substituents is 1. The quantitative estimate of drug-likeness (QED) is 0.190. The maximum absolute atomic E-state index is 14.1. The SMILES string of the molecule is CCOC(=O)CCNC(=O)C(c1ccc(O)c(C)c1)N(C(=O)C(CS)NC(=O)OC(C)(C)C)C(C)CCC(C)C. The van der Waals surface area contributed by atoms with Crippen molar-refractivity contribution in [2.24, 2.45) is 5.92 Å². The summed E-state index contributed by atoms with van der Waals surface area (Å²) in [5.41, 5.74) is 0.231. The molecule has 3 amide bonds. The van der Waals surface area contributed by atoms with E-state index < -0.39 is 47.6 Å². The number of hydrogen-bond donors (Lipinski definition) is 4. The number of esters is 1. The van der Waals surface area contributed by atoms with Gasteiger partial charge in [-0.2, -0.15) is 12.6 Å². The predicted octanol–water partition coefficient (Wildman–Crippen LogP) is 4.29. The van der Waals surface area contributed by atoms with Crippen LogP contribution in [0.25, 0.3) is 0 Å². The first-order valence-corrected chi connectivity index (χ1v) is 14.4. The lowest BCUT2D eigenvalue weighted by atomic mass is 9.96. The molecule has 3 N–H and O–H groups in total. The van der Waals surface area contributed by atoms with Gasteiger partial charge in [0.05, 0.1) is 13.0 Å². The molecule has 10 nitrogen and oxygen atoms in total. The van der Waals surface area contributed by atoms with Gasteiger partial charge in [-0.15, -0.1) is 0 Å². The number of thiol groups is 1. The van der Waals surface area contributed by atoms with Gasteiger partial charge in [0, 0.05) is 18.3 Å². The van der Waals surface area contributed by atoms with Crippen LogP contribution >= 0.6 is 12.6 Å². The van der Waals surface area contributed by atoms with Crippen LogP contribution in [0.4, 0.5) is 4.79 Å². The Morgan fingerprint density at radius 3 is 2.27 bits per heavy atom.